The van der Waals surface area contributed by atoms with E-state index in [1.54, 1.807) is 6.07 Å². The van der Waals surface area contributed by atoms with Gasteiger partial charge in [0.05, 0.1) is 0 Å². The molecule has 0 aromatic heterocycles. The summed E-state index contributed by atoms with van der Waals surface area (Å²) in [6, 6.07) is 6.26. The second-order valence-electron chi connectivity index (χ2n) is 5.50. The van der Waals surface area contributed by atoms with Crippen LogP contribution in [-0.4, -0.2) is 48.4 Å². The summed E-state index contributed by atoms with van der Waals surface area (Å²) in [4.78, 5) is 4.87. The fourth-order valence-electron chi connectivity index (χ4n) is 2.68. The van der Waals surface area contributed by atoms with Crippen molar-refractivity contribution < 1.29 is 0 Å². The van der Waals surface area contributed by atoms with Crippen molar-refractivity contribution in [1.29, 1.82) is 5.41 Å². The van der Waals surface area contributed by atoms with Crippen LogP contribution in [0.4, 0.5) is 0 Å². The summed E-state index contributed by atoms with van der Waals surface area (Å²) in [6.07, 6.45) is 1.17. The van der Waals surface area contributed by atoms with E-state index in [1.807, 2.05) is 12.1 Å². The number of benzene rings is 1. The van der Waals surface area contributed by atoms with Crippen LogP contribution in [0.3, 0.4) is 0 Å². The summed E-state index contributed by atoms with van der Waals surface area (Å²) >= 11 is 6.30. The van der Waals surface area contributed by atoms with Crippen LogP contribution in [0.1, 0.15) is 24.5 Å². The first kappa shape index (κ1) is 15.3. The van der Waals surface area contributed by atoms with Gasteiger partial charge in [-0.3, -0.25) is 10.3 Å². The molecular formula is C15H23ClN4. The molecule has 3 N–H and O–H groups in total. The van der Waals surface area contributed by atoms with Gasteiger partial charge in [0.1, 0.15) is 5.84 Å². The fraction of sp³-hybridized carbons (Fsp3) is 0.533. The van der Waals surface area contributed by atoms with Gasteiger partial charge in [-0.2, -0.15) is 0 Å². The molecule has 1 aliphatic heterocycles. The first-order valence-corrected chi connectivity index (χ1v) is 7.44. The zero-order valence-electron chi connectivity index (χ0n) is 12.2. The molecule has 1 aromatic carbocycles. The Kier molecular flexibility index (Phi) is 5.02. The maximum absolute atomic E-state index is 7.43. The number of nitrogen functional groups attached to an aromatic ring is 1. The molecule has 1 fully saturated rings. The third kappa shape index (κ3) is 3.51. The van der Waals surface area contributed by atoms with Gasteiger partial charge in [-0.1, -0.05) is 30.7 Å². The molecule has 110 valence electrons. The second-order valence-corrected chi connectivity index (χ2v) is 5.90. The lowest BCUT2D eigenvalue weighted by Crippen LogP contribution is -2.50. The van der Waals surface area contributed by atoms with Crippen LogP contribution in [0.15, 0.2) is 18.2 Å². The minimum atomic E-state index is 0.0593. The van der Waals surface area contributed by atoms with Gasteiger partial charge in [-0.15, -0.1) is 0 Å². The molecular weight excluding hydrogens is 272 g/mol. The van der Waals surface area contributed by atoms with Crippen molar-refractivity contribution in [2.45, 2.75) is 25.9 Å². The molecule has 0 radical (unpaired) electrons. The van der Waals surface area contributed by atoms with Gasteiger partial charge in [-0.05, 0) is 25.1 Å². The number of rotatable bonds is 4. The second kappa shape index (κ2) is 6.57. The number of hydrogen-bond donors (Lipinski definition) is 2. The molecule has 0 saturated carbocycles. The van der Waals surface area contributed by atoms with Crippen molar-refractivity contribution in [2.24, 2.45) is 5.73 Å². The predicted molar refractivity (Wildman–Crippen MR) is 84.5 cm³/mol. The van der Waals surface area contributed by atoms with E-state index in [1.165, 1.54) is 6.42 Å². The molecule has 0 amide bonds. The summed E-state index contributed by atoms with van der Waals surface area (Å²) in [6.45, 7) is 6.35. The van der Waals surface area contributed by atoms with Crippen LogP contribution in [0.2, 0.25) is 5.02 Å². The van der Waals surface area contributed by atoms with Gasteiger partial charge >= 0.3 is 0 Å². The van der Waals surface area contributed by atoms with E-state index in [0.29, 0.717) is 16.6 Å². The summed E-state index contributed by atoms with van der Waals surface area (Å²) < 4.78 is 0. The predicted octanol–water partition coefficient (Wildman–Crippen LogP) is 2.15. The Labute approximate surface area is 126 Å². The van der Waals surface area contributed by atoms with Crippen molar-refractivity contribution in [3.8, 4) is 0 Å². The average Bonchev–Trinajstić information content (AvgIpc) is 2.42. The van der Waals surface area contributed by atoms with Crippen LogP contribution in [0, 0.1) is 5.41 Å². The highest BCUT2D eigenvalue weighted by atomic mass is 35.5. The first-order chi connectivity index (χ1) is 9.51. The molecule has 2 rings (SSSR count). The van der Waals surface area contributed by atoms with Crippen molar-refractivity contribution >= 4 is 17.4 Å². The quantitative estimate of drug-likeness (QED) is 0.661. The normalized spacial score (nSPS) is 21.1. The number of nitrogens with zero attached hydrogens (tertiary/aromatic N) is 2. The minimum absolute atomic E-state index is 0.0593. The van der Waals surface area contributed by atoms with E-state index < -0.39 is 0 Å². The number of nitrogens with one attached hydrogen (secondary N) is 1. The number of hydrogen-bond acceptors (Lipinski definition) is 3. The van der Waals surface area contributed by atoms with E-state index in [2.05, 4.69) is 23.8 Å². The SMILES string of the molecule is CCC1CN(Cc2ccc(C(=N)N)cc2Cl)CCN1C. The van der Waals surface area contributed by atoms with E-state index in [0.717, 1.165) is 31.7 Å². The number of amidine groups is 1. The lowest BCUT2D eigenvalue weighted by Gasteiger charge is -2.39. The maximum Gasteiger partial charge on any atom is 0.122 e. The minimum Gasteiger partial charge on any atom is -0.384 e. The third-order valence-electron chi connectivity index (χ3n) is 4.09. The largest absolute Gasteiger partial charge is 0.384 e. The van der Waals surface area contributed by atoms with Crippen LogP contribution in [0.25, 0.3) is 0 Å². The molecule has 0 aliphatic carbocycles. The zero-order chi connectivity index (χ0) is 14.7. The average molecular weight is 295 g/mol. The standard InChI is InChI=1S/C15H23ClN4/c1-3-13-10-20(7-6-19(13)2)9-12-5-4-11(15(17)18)8-14(12)16/h4-5,8,13H,3,6-7,9-10H2,1-2H3,(H3,17,18). The smallest absolute Gasteiger partial charge is 0.122 e. The van der Waals surface area contributed by atoms with Gasteiger partial charge in [0.2, 0.25) is 0 Å². The molecule has 0 spiro atoms. The molecule has 1 heterocycles. The van der Waals surface area contributed by atoms with Gasteiger partial charge in [0.25, 0.3) is 0 Å². The van der Waals surface area contributed by atoms with Gasteiger partial charge in [-0.25, -0.2) is 0 Å². The Morgan fingerprint density at radius 1 is 1.45 bits per heavy atom. The van der Waals surface area contributed by atoms with Gasteiger partial charge in [0, 0.05) is 42.8 Å². The number of piperazine rings is 1. The van der Waals surface area contributed by atoms with Crippen molar-refractivity contribution in [3.63, 3.8) is 0 Å². The van der Waals surface area contributed by atoms with Crippen LogP contribution < -0.4 is 5.73 Å². The molecule has 1 atom stereocenters. The Hall–Kier alpha value is -1.10. The number of likely N-dealkylation sites (N-methyl/N-ethyl adjacent to an activating group) is 1. The van der Waals surface area contributed by atoms with Gasteiger partial charge < -0.3 is 10.6 Å². The molecule has 1 saturated heterocycles. The van der Waals surface area contributed by atoms with Crippen LogP contribution in [0.5, 0.6) is 0 Å². The van der Waals surface area contributed by atoms with Gasteiger partial charge in [0.15, 0.2) is 0 Å². The number of halogens is 1. The Morgan fingerprint density at radius 2 is 2.20 bits per heavy atom. The third-order valence-corrected chi connectivity index (χ3v) is 4.44. The summed E-state index contributed by atoms with van der Waals surface area (Å²) in [5.74, 6) is 0.0593. The topological polar surface area (TPSA) is 56.4 Å². The van der Waals surface area contributed by atoms with Crippen molar-refractivity contribution in [3.05, 3.63) is 34.3 Å². The van der Waals surface area contributed by atoms with E-state index >= 15 is 0 Å². The Bertz CT molecular complexity index is 489. The summed E-state index contributed by atoms with van der Waals surface area (Å²) in [5, 5.41) is 8.13. The molecule has 0 bridgehead atoms. The highest BCUT2D eigenvalue weighted by Gasteiger charge is 2.23. The van der Waals surface area contributed by atoms with Crippen LogP contribution >= 0.6 is 11.6 Å². The fourth-order valence-corrected chi connectivity index (χ4v) is 2.92. The lowest BCUT2D eigenvalue weighted by molar-refractivity contribution is 0.0884. The highest BCUT2D eigenvalue weighted by Crippen LogP contribution is 2.21. The summed E-state index contributed by atoms with van der Waals surface area (Å²) in [7, 11) is 2.19. The molecule has 5 heteroatoms. The zero-order valence-corrected chi connectivity index (χ0v) is 13.0. The van der Waals surface area contributed by atoms with Crippen LogP contribution in [-0.2, 0) is 6.54 Å². The Balaban J connectivity index is 2.05. The first-order valence-electron chi connectivity index (χ1n) is 7.06. The Morgan fingerprint density at radius 3 is 2.80 bits per heavy atom. The molecule has 1 aromatic rings. The monoisotopic (exact) mass is 294 g/mol. The highest BCUT2D eigenvalue weighted by molar-refractivity contribution is 6.31. The molecule has 1 aliphatic rings. The van der Waals surface area contributed by atoms with Crippen molar-refractivity contribution in [1.82, 2.24) is 9.80 Å². The molecule has 4 nitrogen and oxygen atoms in total. The molecule has 1 unspecified atom stereocenters. The summed E-state index contributed by atoms with van der Waals surface area (Å²) in [5.41, 5.74) is 7.27. The van der Waals surface area contributed by atoms with E-state index in [4.69, 9.17) is 22.7 Å². The number of nitrogens with two attached hydrogens (primary N) is 1. The van der Waals surface area contributed by atoms with E-state index in [9.17, 15) is 0 Å². The van der Waals surface area contributed by atoms with E-state index in [-0.39, 0.29) is 5.84 Å². The lowest BCUT2D eigenvalue weighted by atomic mass is 10.1. The molecule has 20 heavy (non-hydrogen) atoms. The van der Waals surface area contributed by atoms with Crippen molar-refractivity contribution in [2.75, 3.05) is 26.7 Å². The maximum atomic E-state index is 7.43.